The molecule has 0 spiro atoms. The number of benzene rings is 1. The number of nitrogens with zero attached hydrogens (tertiary/aromatic N) is 1. The predicted molar refractivity (Wildman–Crippen MR) is 94.8 cm³/mol. The summed E-state index contributed by atoms with van der Waals surface area (Å²) in [6.45, 7) is 7.15. The van der Waals surface area contributed by atoms with Gasteiger partial charge in [-0.3, -0.25) is 4.79 Å². The SMILES string of the molecule is C=CCNS(=O)(=O)c1ccc(C(=O)N2C[C@H]3CNC[C@H]3C2)cc1.Cl. The number of hydrogen-bond acceptors (Lipinski definition) is 4. The van der Waals surface area contributed by atoms with Gasteiger partial charge in [0.15, 0.2) is 0 Å². The van der Waals surface area contributed by atoms with Crippen LogP contribution in [0.2, 0.25) is 0 Å². The third kappa shape index (κ3) is 3.80. The summed E-state index contributed by atoms with van der Waals surface area (Å²) in [7, 11) is -3.55. The van der Waals surface area contributed by atoms with Crippen molar-refractivity contribution in [3.05, 3.63) is 42.5 Å². The Balaban J connectivity index is 0.00000208. The summed E-state index contributed by atoms with van der Waals surface area (Å²) >= 11 is 0. The maximum Gasteiger partial charge on any atom is 0.253 e. The molecule has 1 aromatic carbocycles. The van der Waals surface area contributed by atoms with Gasteiger partial charge >= 0.3 is 0 Å². The second kappa shape index (κ2) is 7.65. The Kier molecular flexibility index (Phi) is 6.03. The van der Waals surface area contributed by atoms with Crippen LogP contribution < -0.4 is 10.0 Å². The molecular formula is C16H22ClN3O3S. The van der Waals surface area contributed by atoms with Crippen molar-refractivity contribution in [2.24, 2.45) is 11.8 Å². The Morgan fingerprint density at radius 3 is 2.38 bits per heavy atom. The van der Waals surface area contributed by atoms with Crippen LogP contribution in [-0.4, -0.2) is 51.9 Å². The van der Waals surface area contributed by atoms with E-state index in [-0.39, 0.29) is 29.8 Å². The lowest BCUT2D eigenvalue weighted by atomic mass is 10.0. The van der Waals surface area contributed by atoms with Crippen molar-refractivity contribution in [3.8, 4) is 0 Å². The van der Waals surface area contributed by atoms with Crippen LogP contribution in [0.3, 0.4) is 0 Å². The second-order valence-corrected chi connectivity index (χ2v) is 7.82. The molecule has 0 aromatic heterocycles. The van der Waals surface area contributed by atoms with Crippen LogP contribution in [0, 0.1) is 11.8 Å². The first-order valence-electron chi connectivity index (χ1n) is 7.72. The molecule has 2 N–H and O–H groups in total. The number of fused-ring (bicyclic) bond motifs is 1. The number of likely N-dealkylation sites (tertiary alicyclic amines) is 1. The summed E-state index contributed by atoms with van der Waals surface area (Å²) < 4.78 is 26.4. The number of hydrogen-bond donors (Lipinski definition) is 2. The Morgan fingerprint density at radius 1 is 1.25 bits per heavy atom. The first-order valence-corrected chi connectivity index (χ1v) is 9.20. The molecule has 132 valence electrons. The first-order chi connectivity index (χ1) is 11.0. The molecule has 0 bridgehead atoms. The summed E-state index contributed by atoms with van der Waals surface area (Å²) in [4.78, 5) is 14.6. The van der Waals surface area contributed by atoms with E-state index in [0.29, 0.717) is 17.4 Å². The van der Waals surface area contributed by atoms with Gasteiger partial charge in [0.2, 0.25) is 10.0 Å². The summed E-state index contributed by atoms with van der Waals surface area (Å²) in [5.74, 6) is 1.06. The van der Waals surface area contributed by atoms with Crippen LogP contribution in [-0.2, 0) is 10.0 Å². The minimum absolute atomic E-state index is 0. The van der Waals surface area contributed by atoms with Crippen molar-refractivity contribution in [2.75, 3.05) is 32.7 Å². The smallest absolute Gasteiger partial charge is 0.253 e. The summed E-state index contributed by atoms with van der Waals surface area (Å²) in [5.41, 5.74) is 0.528. The molecule has 8 heteroatoms. The topological polar surface area (TPSA) is 78.5 Å². The number of rotatable bonds is 5. The molecule has 6 nitrogen and oxygen atoms in total. The highest BCUT2D eigenvalue weighted by molar-refractivity contribution is 7.89. The van der Waals surface area contributed by atoms with Crippen LogP contribution in [0.1, 0.15) is 10.4 Å². The fourth-order valence-corrected chi connectivity index (χ4v) is 4.23. The van der Waals surface area contributed by atoms with Gasteiger partial charge in [0.1, 0.15) is 0 Å². The summed E-state index contributed by atoms with van der Waals surface area (Å²) in [6.07, 6.45) is 1.48. The Morgan fingerprint density at radius 2 is 1.83 bits per heavy atom. The van der Waals surface area contributed by atoms with E-state index in [0.717, 1.165) is 26.2 Å². The van der Waals surface area contributed by atoms with Crippen LogP contribution >= 0.6 is 12.4 Å². The Hall–Kier alpha value is -1.41. The van der Waals surface area contributed by atoms with Crippen molar-refractivity contribution in [1.82, 2.24) is 14.9 Å². The van der Waals surface area contributed by atoms with Crippen molar-refractivity contribution in [2.45, 2.75) is 4.90 Å². The zero-order valence-electron chi connectivity index (χ0n) is 13.3. The van der Waals surface area contributed by atoms with Crippen molar-refractivity contribution in [3.63, 3.8) is 0 Å². The second-order valence-electron chi connectivity index (χ2n) is 6.05. The van der Waals surface area contributed by atoms with E-state index in [1.807, 2.05) is 4.90 Å². The summed E-state index contributed by atoms with van der Waals surface area (Å²) in [6, 6.07) is 6.10. The quantitative estimate of drug-likeness (QED) is 0.753. The molecule has 2 heterocycles. The molecule has 2 saturated heterocycles. The first kappa shape index (κ1) is 18.9. The molecule has 0 aliphatic carbocycles. The minimum atomic E-state index is -3.55. The molecule has 1 amide bonds. The highest BCUT2D eigenvalue weighted by atomic mass is 35.5. The van der Waals surface area contributed by atoms with E-state index in [9.17, 15) is 13.2 Å². The largest absolute Gasteiger partial charge is 0.338 e. The van der Waals surface area contributed by atoms with Gasteiger partial charge in [-0.2, -0.15) is 0 Å². The standard InChI is InChI=1S/C16H21N3O3S.ClH/c1-2-7-18-23(21,22)15-5-3-12(4-6-15)16(20)19-10-13-8-17-9-14(13)11-19;/h2-6,13-14,17-18H,1,7-11H2;1H/t13-,14+;. The number of carbonyl (C=O) groups is 1. The summed E-state index contributed by atoms with van der Waals surface area (Å²) in [5, 5.41) is 3.35. The number of halogens is 1. The van der Waals surface area contributed by atoms with Crippen molar-refractivity contribution in [1.29, 1.82) is 0 Å². The van der Waals surface area contributed by atoms with E-state index in [1.54, 1.807) is 12.1 Å². The highest BCUT2D eigenvalue weighted by Gasteiger charge is 2.38. The molecule has 0 saturated carbocycles. The Bertz CT molecular complexity index is 694. The average molecular weight is 372 g/mol. The normalized spacial score (nSPS) is 22.8. The molecule has 3 rings (SSSR count). The fraction of sp³-hybridized carbons (Fsp3) is 0.438. The van der Waals surface area contributed by atoms with Gasteiger partial charge in [-0.1, -0.05) is 6.08 Å². The molecule has 0 unspecified atom stereocenters. The molecule has 2 aliphatic heterocycles. The lowest BCUT2D eigenvalue weighted by Gasteiger charge is -2.17. The van der Waals surface area contributed by atoms with E-state index in [1.165, 1.54) is 18.2 Å². The molecule has 2 aliphatic rings. The maximum absolute atomic E-state index is 12.5. The zero-order chi connectivity index (χ0) is 16.4. The van der Waals surface area contributed by atoms with Gasteiger partial charge in [0.25, 0.3) is 5.91 Å². The van der Waals surface area contributed by atoms with Gasteiger partial charge in [0.05, 0.1) is 4.90 Å². The predicted octanol–water partition coefficient (Wildman–Crippen LogP) is 0.864. The van der Waals surface area contributed by atoms with Crippen LogP contribution in [0.25, 0.3) is 0 Å². The molecular weight excluding hydrogens is 350 g/mol. The molecule has 2 fully saturated rings. The van der Waals surface area contributed by atoms with Gasteiger partial charge in [-0.05, 0) is 36.1 Å². The Labute approximate surface area is 148 Å². The number of amides is 1. The van der Waals surface area contributed by atoms with E-state index < -0.39 is 10.0 Å². The molecule has 2 atom stereocenters. The van der Waals surface area contributed by atoms with Crippen molar-refractivity contribution >= 4 is 28.3 Å². The van der Waals surface area contributed by atoms with E-state index >= 15 is 0 Å². The van der Waals surface area contributed by atoms with Gasteiger partial charge in [0, 0.05) is 38.3 Å². The zero-order valence-corrected chi connectivity index (χ0v) is 14.9. The third-order valence-electron chi connectivity index (χ3n) is 4.51. The fourth-order valence-electron chi connectivity index (χ4n) is 3.23. The highest BCUT2D eigenvalue weighted by Crippen LogP contribution is 2.27. The van der Waals surface area contributed by atoms with E-state index in [4.69, 9.17) is 0 Å². The minimum Gasteiger partial charge on any atom is -0.338 e. The van der Waals surface area contributed by atoms with Gasteiger partial charge < -0.3 is 10.2 Å². The molecule has 24 heavy (non-hydrogen) atoms. The van der Waals surface area contributed by atoms with Gasteiger partial charge in [-0.15, -0.1) is 19.0 Å². The van der Waals surface area contributed by atoms with Crippen LogP contribution in [0.5, 0.6) is 0 Å². The lowest BCUT2D eigenvalue weighted by Crippen LogP contribution is -2.31. The van der Waals surface area contributed by atoms with Crippen LogP contribution in [0.15, 0.2) is 41.8 Å². The number of carbonyl (C=O) groups excluding carboxylic acids is 1. The van der Waals surface area contributed by atoms with Gasteiger partial charge in [-0.25, -0.2) is 13.1 Å². The molecule has 1 aromatic rings. The lowest BCUT2D eigenvalue weighted by molar-refractivity contribution is 0.0781. The average Bonchev–Trinajstić information content (AvgIpc) is 3.14. The molecule has 0 radical (unpaired) electrons. The van der Waals surface area contributed by atoms with E-state index in [2.05, 4.69) is 16.6 Å². The van der Waals surface area contributed by atoms with Crippen molar-refractivity contribution < 1.29 is 13.2 Å². The number of nitrogens with one attached hydrogen (secondary N) is 2. The van der Waals surface area contributed by atoms with Crippen LogP contribution in [0.4, 0.5) is 0 Å². The number of sulfonamides is 1. The monoisotopic (exact) mass is 371 g/mol. The third-order valence-corrected chi connectivity index (χ3v) is 5.95. The maximum atomic E-state index is 12.5.